The lowest BCUT2D eigenvalue weighted by molar-refractivity contribution is 0.416. The van der Waals surface area contributed by atoms with E-state index >= 15 is 0 Å². The zero-order chi connectivity index (χ0) is 14.9. The maximum absolute atomic E-state index is 12.0. The molecule has 0 fully saturated rings. The van der Waals surface area contributed by atoms with Gasteiger partial charge >= 0.3 is 0 Å². The molecule has 0 saturated heterocycles. The number of rotatable bonds is 3. The molecule has 1 aromatic heterocycles. The molecule has 0 aliphatic heterocycles. The van der Waals surface area contributed by atoms with Crippen molar-refractivity contribution in [2.24, 2.45) is 0 Å². The smallest absolute Gasteiger partial charge is 0.265 e. The van der Waals surface area contributed by atoms with Crippen LogP contribution < -0.4 is 10.3 Å². The first-order valence-electron chi connectivity index (χ1n) is 6.08. The molecule has 0 saturated carbocycles. The van der Waals surface area contributed by atoms with Gasteiger partial charge in [-0.05, 0) is 34.0 Å². The van der Waals surface area contributed by atoms with E-state index in [0.717, 1.165) is 0 Å². The lowest BCUT2D eigenvalue weighted by atomic mass is 10.1. The lowest BCUT2D eigenvalue weighted by Crippen LogP contribution is -2.14. The Morgan fingerprint density at radius 1 is 1.40 bits per heavy atom. The average molecular weight is 358 g/mol. The van der Waals surface area contributed by atoms with E-state index in [-0.39, 0.29) is 11.5 Å². The molecule has 0 atom stereocenters. The van der Waals surface area contributed by atoms with Crippen LogP contribution >= 0.6 is 27.5 Å². The number of aromatic amines is 1. The van der Waals surface area contributed by atoms with Gasteiger partial charge in [0.05, 0.1) is 23.4 Å². The Morgan fingerprint density at radius 2 is 2.10 bits per heavy atom. The van der Waals surface area contributed by atoms with Gasteiger partial charge in [-0.2, -0.15) is 0 Å². The summed E-state index contributed by atoms with van der Waals surface area (Å²) in [5.41, 5.74) is 1.04. The number of hydrogen-bond acceptors (Lipinski definition) is 3. The number of ether oxygens (including phenoxy) is 1. The Labute approximate surface area is 130 Å². The number of aromatic nitrogens is 2. The molecule has 0 aliphatic rings. The predicted molar refractivity (Wildman–Crippen MR) is 83.6 cm³/mol. The van der Waals surface area contributed by atoms with Crippen molar-refractivity contribution >= 4 is 27.5 Å². The Hall–Kier alpha value is -1.33. The second-order valence-corrected chi connectivity index (χ2v) is 5.79. The standard InChI is InChI=1S/C14H14BrClN2O2/c1-7(2)12-11(15)14(19)18-13(17-12)10-8(16)5-4-6-9(10)20-3/h4-7H,1-3H3,(H,17,18,19). The molecule has 0 radical (unpaired) electrons. The second kappa shape index (κ2) is 5.97. The molecular weight excluding hydrogens is 344 g/mol. The van der Waals surface area contributed by atoms with Gasteiger partial charge in [0, 0.05) is 0 Å². The largest absolute Gasteiger partial charge is 0.496 e. The van der Waals surface area contributed by atoms with Crippen LogP contribution in [0.25, 0.3) is 11.4 Å². The third kappa shape index (κ3) is 2.74. The van der Waals surface area contributed by atoms with Gasteiger partial charge in [0.1, 0.15) is 16.0 Å². The molecule has 0 bridgehead atoms. The molecule has 2 aromatic rings. The van der Waals surface area contributed by atoms with Crippen molar-refractivity contribution in [3.05, 3.63) is 43.7 Å². The van der Waals surface area contributed by atoms with Crippen molar-refractivity contribution in [2.45, 2.75) is 19.8 Å². The molecule has 6 heteroatoms. The minimum atomic E-state index is -0.235. The fraction of sp³-hybridized carbons (Fsp3) is 0.286. The number of halogens is 2. The van der Waals surface area contributed by atoms with Crippen LogP contribution in [0.5, 0.6) is 5.75 Å². The summed E-state index contributed by atoms with van der Waals surface area (Å²) in [4.78, 5) is 19.3. The molecule has 0 unspecified atom stereocenters. The van der Waals surface area contributed by atoms with E-state index in [1.54, 1.807) is 25.3 Å². The maximum atomic E-state index is 12.0. The van der Waals surface area contributed by atoms with Crippen LogP contribution in [-0.2, 0) is 0 Å². The highest BCUT2D eigenvalue weighted by Crippen LogP contribution is 2.34. The predicted octanol–water partition coefficient (Wildman–Crippen LogP) is 3.98. The highest BCUT2D eigenvalue weighted by Gasteiger charge is 2.17. The molecule has 1 N–H and O–H groups in total. The van der Waals surface area contributed by atoms with Crippen LogP contribution in [0, 0.1) is 0 Å². The van der Waals surface area contributed by atoms with Crippen molar-refractivity contribution in [2.75, 3.05) is 7.11 Å². The summed E-state index contributed by atoms with van der Waals surface area (Å²) >= 11 is 9.48. The Balaban J connectivity index is 2.74. The molecule has 106 valence electrons. The molecule has 0 spiro atoms. The minimum Gasteiger partial charge on any atom is -0.496 e. The monoisotopic (exact) mass is 356 g/mol. The van der Waals surface area contributed by atoms with Gasteiger partial charge in [-0.25, -0.2) is 4.98 Å². The zero-order valence-electron chi connectivity index (χ0n) is 11.3. The number of H-pyrrole nitrogens is 1. The van der Waals surface area contributed by atoms with Crippen LogP contribution in [0.2, 0.25) is 5.02 Å². The Morgan fingerprint density at radius 3 is 2.70 bits per heavy atom. The van der Waals surface area contributed by atoms with Crippen molar-refractivity contribution in [3.63, 3.8) is 0 Å². The molecule has 1 aromatic carbocycles. The minimum absolute atomic E-state index is 0.110. The van der Waals surface area contributed by atoms with E-state index in [4.69, 9.17) is 16.3 Å². The fourth-order valence-electron chi connectivity index (χ4n) is 1.88. The highest BCUT2D eigenvalue weighted by atomic mass is 79.9. The summed E-state index contributed by atoms with van der Waals surface area (Å²) in [5.74, 6) is 1.08. The van der Waals surface area contributed by atoms with Gasteiger partial charge in [0.15, 0.2) is 0 Å². The van der Waals surface area contributed by atoms with Crippen LogP contribution in [0.4, 0.5) is 0 Å². The van der Waals surface area contributed by atoms with Crippen LogP contribution in [-0.4, -0.2) is 17.1 Å². The summed E-state index contributed by atoms with van der Waals surface area (Å²) in [6.45, 7) is 3.94. The quantitative estimate of drug-likeness (QED) is 0.904. The topological polar surface area (TPSA) is 55.0 Å². The molecule has 1 heterocycles. The van der Waals surface area contributed by atoms with Gasteiger partial charge in [-0.3, -0.25) is 4.79 Å². The molecule has 4 nitrogen and oxygen atoms in total. The van der Waals surface area contributed by atoms with E-state index in [9.17, 15) is 4.79 Å². The number of nitrogens with one attached hydrogen (secondary N) is 1. The van der Waals surface area contributed by atoms with E-state index in [1.807, 2.05) is 13.8 Å². The Bertz CT molecular complexity index is 698. The van der Waals surface area contributed by atoms with E-state index in [0.29, 0.717) is 32.3 Å². The maximum Gasteiger partial charge on any atom is 0.265 e. The summed E-state index contributed by atoms with van der Waals surface area (Å²) in [7, 11) is 1.55. The molecule has 0 amide bonds. The van der Waals surface area contributed by atoms with Gasteiger partial charge in [-0.1, -0.05) is 31.5 Å². The number of nitrogens with zero attached hydrogens (tertiary/aromatic N) is 1. The summed E-state index contributed by atoms with van der Waals surface area (Å²) in [6.07, 6.45) is 0. The number of benzene rings is 1. The van der Waals surface area contributed by atoms with Crippen molar-refractivity contribution in [1.82, 2.24) is 9.97 Å². The summed E-state index contributed by atoms with van der Waals surface area (Å²) < 4.78 is 5.74. The van der Waals surface area contributed by atoms with Crippen molar-refractivity contribution in [3.8, 4) is 17.1 Å². The van der Waals surface area contributed by atoms with Gasteiger partial charge in [-0.15, -0.1) is 0 Å². The highest BCUT2D eigenvalue weighted by molar-refractivity contribution is 9.10. The van der Waals surface area contributed by atoms with Gasteiger partial charge in [0.2, 0.25) is 0 Å². The van der Waals surface area contributed by atoms with E-state index < -0.39 is 0 Å². The number of hydrogen-bond donors (Lipinski definition) is 1. The van der Waals surface area contributed by atoms with Crippen molar-refractivity contribution in [1.29, 1.82) is 0 Å². The van der Waals surface area contributed by atoms with Crippen LogP contribution in [0.3, 0.4) is 0 Å². The van der Waals surface area contributed by atoms with E-state index in [2.05, 4.69) is 25.9 Å². The zero-order valence-corrected chi connectivity index (χ0v) is 13.7. The first-order chi connectivity index (χ1) is 9.45. The molecule has 20 heavy (non-hydrogen) atoms. The summed E-state index contributed by atoms with van der Waals surface area (Å²) in [6, 6.07) is 5.29. The fourth-order valence-corrected chi connectivity index (χ4v) is 2.78. The van der Waals surface area contributed by atoms with Gasteiger partial charge in [0.25, 0.3) is 5.56 Å². The van der Waals surface area contributed by atoms with Crippen LogP contribution in [0.1, 0.15) is 25.5 Å². The molecule has 2 rings (SSSR count). The first kappa shape index (κ1) is 15.1. The third-order valence-electron chi connectivity index (χ3n) is 2.87. The SMILES string of the molecule is COc1cccc(Cl)c1-c1nc(C(C)C)c(Br)c(=O)[nH]1. The number of methoxy groups -OCH3 is 1. The second-order valence-electron chi connectivity index (χ2n) is 4.59. The van der Waals surface area contributed by atoms with Crippen LogP contribution in [0.15, 0.2) is 27.5 Å². The molecule has 0 aliphatic carbocycles. The van der Waals surface area contributed by atoms with E-state index in [1.165, 1.54) is 0 Å². The summed E-state index contributed by atoms with van der Waals surface area (Å²) in [5, 5.41) is 0.476. The third-order valence-corrected chi connectivity index (χ3v) is 3.95. The normalized spacial score (nSPS) is 10.9. The first-order valence-corrected chi connectivity index (χ1v) is 7.25. The average Bonchev–Trinajstić information content (AvgIpc) is 2.41. The Kier molecular flexibility index (Phi) is 4.50. The van der Waals surface area contributed by atoms with Crippen molar-refractivity contribution < 1.29 is 4.74 Å². The lowest BCUT2D eigenvalue weighted by Gasteiger charge is -2.13. The molecular formula is C14H14BrClN2O2. The van der Waals surface area contributed by atoms with Gasteiger partial charge < -0.3 is 9.72 Å².